The Balaban J connectivity index is 1.46. The summed E-state index contributed by atoms with van der Waals surface area (Å²) in [5.74, 6) is 0.0944. The molecule has 1 aromatic carbocycles. The van der Waals surface area contributed by atoms with E-state index in [9.17, 15) is 9.59 Å². The van der Waals surface area contributed by atoms with Crippen molar-refractivity contribution in [2.45, 2.75) is 64.5 Å². The van der Waals surface area contributed by atoms with Crippen LogP contribution in [-0.2, 0) is 0 Å². The highest BCUT2D eigenvalue weighted by molar-refractivity contribution is 5.94. The van der Waals surface area contributed by atoms with E-state index in [1.807, 2.05) is 30.0 Å². The molecule has 2 fully saturated rings. The van der Waals surface area contributed by atoms with E-state index in [1.165, 1.54) is 18.4 Å². The third-order valence-electron chi connectivity index (χ3n) is 5.56. The van der Waals surface area contributed by atoms with Crippen molar-refractivity contribution in [3.8, 4) is 0 Å². The average Bonchev–Trinajstić information content (AvgIpc) is 3.10. The average molecular weight is 343 g/mol. The summed E-state index contributed by atoms with van der Waals surface area (Å²) in [7, 11) is 0. The first-order chi connectivity index (χ1) is 12.0. The topological polar surface area (TPSA) is 61.4 Å². The zero-order chi connectivity index (χ0) is 17.8. The summed E-state index contributed by atoms with van der Waals surface area (Å²) in [4.78, 5) is 26.6. The van der Waals surface area contributed by atoms with E-state index >= 15 is 0 Å². The van der Waals surface area contributed by atoms with Crippen molar-refractivity contribution in [1.82, 2.24) is 15.5 Å². The molecule has 1 aliphatic carbocycles. The number of rotatable bonds is 3. The molecule has 1 aliphatic heterocycles. The molecule has 25 heavy (non-hydrogen) atoms. The third-order valence-corrected chi connectivity index (χ3v) is 5.56. The van der Waals surface area contributed by atoms with Crippen LogP contribution in [0.5, 0.6) is 0 Å². The SMILES string of the molecule is Cc1ccc(C(=O)N2CCC(NC(=O)NC3CCCC3)CC2)cc1C. The zero-order valence-corrected chi connectivity index (χ0v) is 15.3. The van der Waals surface area contributed by atoms with Gasteiger partial charge >= 0.3 is 6.03 Å². The number of piperidine rings is 1. The number of likely N-dealkylation sites (tertiary alicyclic amines) is 1. The maximum Gasteiger partial charge on any atom is 0.315 e. The molecule has 5 nitrogen and oxygen atoms in total. The normalized spacial score (nSPS) is 19.0. The second kappa shape index (κ2) is 7.89. The standard InChI is InChI=1S/C20H29N3O2/c1-14-7-8-16(13-15(14)2)19(24)23-11-9-18(10-12-23)22-20(25)21-17-5-3-4-6-17/h7-8,13,17-18H,3-6,9-12H2,1-2H3,(H2,21,22,25). The molecule has 0 spiro atoms. The van der Waals surface area contributed by atoms with Crippen molar-refractivity contribution in [2.75, 3.05) is 13.1 Å². The molecule has 3 rings (SSSR count). The molecule has 2 N–H and O–H groups in total. The Morgan fingerprint density at radius 1 is 0.920 bits per heavy atom. The zero-order valence-electron chi connectivity index (χ0n) is 15.3. The fourth-order valence-corrected chi connectivity index (χ4v) is 3.77. The number of carbonyl (C=O) groups excluding carboxylic acids is 2. The predicted octanol–water partition coefficient (Wildman–Crippen LogP) is 3.15. The molecule has 5 heteroatoms. The number of carbonyl (C=O) groups is 2. The highest BCUT2D eigenvalue weighted by Crippen LogP contribution is 2.18. The number of benzene rings is 1. The summed E-state index contributed by atoms with van der Waals surface area (Å²) in [6, 6.07) is 6.33. The predicted molar refractivity (Wildman–Crippen MR) is 98.8 cm³/mol. The van der Waals surface area contributed by atoms with Crippen molar-refractivity contribution in [3.05, 3.63) is 34.9 Å². The molecule has 1 saturated heterocycles. The minimum absolute atomic E-state index is 0.0502. The lowest BCUT2D eigenvalue weighted by Gasteiger charge is -2.32. The number of aryl methyl sites for hydroxylation is 2. The van der Waals surface area contributed by atoms with Crippen LogP contribution in [0.4, 0.5) is 4.79 Å². The van der Waals surface area contributed by atoms with Gasteiger partial charge in [-0.15, -0.1) is 0 Å². The molecule has 1 heterocycles. The molecule has 0 atom stereocenters. The smallest absolute Gasteiger partial charge is 0.315 e. The molecule has 0 aromatic heterocycles. The number of amides is 3. The maximum absolute atomic E-state index is 12.6. The molecule has 136 valence electrons. The first-order valence-corrected chi connectivity index (χ1v) is 9.46. The van der Waals surface area contributed by atoms with Crippen LogP contribution in [0.25, 0.3) is 0 Å². The van der Waals surface area contributed by atoms with Crippen molar-refractivity contribution in [2.24, 2.45) is 0 Å². The number of hydrogen-bond acceptors (Lipinski definition) is 2. The Kier molecular flexibility index (Phi) is 5.61. The molecule has 0 bridgehead atoms. The Bertz CT molecular complexity index is 630. The Labute approximate surface area is 150 Å². The van der Waals surface area contributed by atoms with Gasteiger partial charge in [-0.3, -0.25) is 4.79 Å². The Morgan fingerprint density at radius 3 is 2.12 bits per heavy atom. The summed E-state index contributed by atoms with van der Waals surface area (Å²) < 4.78 is 0. The van der Waals surface area contributed by atoms with Gasteiger partial charge in [-0.05, 0) is 62.8 Å². The maximum atomic E-state index is 12.6. The Morgan fingerprint density at radius 2 is 1.52 bits per heavy atom. The fourth-order valence-electron chi connectivity index (χ4n) is 3.77. The van der Waals surface area contributed by atoms with Gasteiger partial charge in [0.25, 0.3) is 5.91 Å². The van der Waals surface area contributed by atoms with Gasteiger partial charge in [-0.25, -0.2) is 4.79 Å². The molecular formula is C20H29N3O2. The van der Waals surface area contributed by atoms with Gasteiger partial charge in [0.15, 0.2) is 0 Å². The van der Waals surface area contributed by atoms with Crippen molar-refractivity contribution in [3.63, 3.8) is 0 Å². The van der Waals surface area contributed by atoms with Crippen molar-refractivity contribution in [1.29, 1.82) is 0 Å². The molecule has 1 saturated carbocycles. The van der Waals surface area contributed by atoms with Crippen LogP contribution in [0.1, 0.15) is 60.0 Å². The van der Waals surface area contributed by atoms with Crippen LogP contribution in [-0.4, -0.2) is 42.0 Å². The quantitative estimate of drug-likeness (QED) is 0.886. The largest absolute Gasteiger partial charge is 0.338 e. The number of hydrogen-bond donors (Lipinski definition) is 2. The fraction of sp³-hybridized carbons (Fsp3) is 0.600. The lowest BCUT2D eigenvalue weighted by atomic mass is 10.0. The van der Waals surface area contributed by atoms with E-state index in [0.717, 1.165) is 36.8 Å². The monoisotopic (exact) mass is 343 g/mol. The minimum Gasteiger partial charge on any atom is -0.338 e. The number of urea groups is 1. The molecule has 1 aromatic rings. The van der Waals surface area contributed by atoms with Crippen molar-refractivity contribution < 1.29 is 9.59 Å². The van der Waals surface area contributed by atoms with E-state index in [-0.39, 0.29) is 18.0 Å². The van der Waals surface area contributed by atoms with Gasteiger partial charge in [0.05, 0.1) is 0 Å². The third kappa shape index (κ3) is 4.53. The van der Waals surface area contributed by atoms with E-state index in [4.69, 9.17) is 0 Å². The summed E-state index contributed by atoms with van der Waals surface area (Å²) in [6.45, 7) is 5.48. The lowest BCUT2D eigenvalue weighted by Crippen LogP contribution is -2.50. The number of nitrogens with zero attached hydrogens (tertiary/aromatic N) is 1. The summed E-state index contributed by atoms with van der Waals surface area (Å²) in [5.41, 5.74) is 3.10. The van der Waals surface area contributed by atoms with Crippen LogP contribution >= 0.6 is 0 Å². The van der Waals surface area contributed by atoms with E-state index in [0.29, 0.717) is 19.1 Å². The van der Waals surface area contributed by atoms with Gasteiger partial charge in [-0.1, -0.05) is 18.9 Å². The van der Waals surface area contributed by atoms with Crippen LogP contribution in [0, 0.1) is 13.8 Å². The summed E-state index contributed by atoms with van der Waals surface area (Å²) in [6.07, 6.45) is 6.24. The summed E-state index contributed by atoms with van der Waals surface area (Å²) >= 11 is 0. The molecule has 2 aliphatic rings. The first-order valence-electron chi connectivity index (χ1n) is 9.46. The van der Waals surface area contributed by atoms with Gasteiger partial charge in [0.2, 0.25) is 0 Å². The van der Waals surface area contributed by atoms with Crippen LogP contribution < -0.4 is 10.6 Å². The minimum atomic E-state index is -0.0502. The van der Waals surface area contributed by atoms with Crippen LogP contribution in [0.15, 0.2) is 18.2 Å². The van der Waals surface area contributed by atoms with E-state index in [2.05, 4.69) is 17.6 Å². The molecule has 0 unspecified atom stereocenters. The first kappa shape index (κ1) is 17.8. The molecule has 0 radical (unpaired) electrons. The van der Waals surface area contributed by atoms with Gasteiger partial charge in [0, 0.05) is 30.7 Å². The van der Waals surface area contributed by atoms with Gasteiger partial charge < -0.3 is 15.5 Å². The van der Waals surface area contributed by atoms with Crippen LogP contribution in [0.3, 0.4) is 0 Å². The highest BCUT2D eigenvalue weighted by atomic mass is 16.2. The van der Waals surface area contributed by atoms with Gasteiger partial charge in [-0.2, -0.15) is 0 Å². The van der Waals surface area contributed by atoms with Crippen molar-refractivity contribution >= 4 is 11.9 Å². The lowest BCUT2D eigenvalue weighted by molar-refractivity contribution is 0.0708. The van der Waals surface area contributed by atoms with Gasteiger partial charge in [0.1, 0.15) is 0 Å². The molecule has 3 amide bonds. The second-order valence-electron chi connectivity index (χ2n) is 7.46. The summed E-state index contributed by atoms with van der Waals surface area (Å²) in [5, 5.41) is 6.14. The number of nitrogens with one attached hydrogen (secondary N) is 2. The highest BCUT2D eigenvalue weighted by Gasteiger charge is 2.25. The second-order valence-corrected chi connectivity index (χ2v) is 7.46. The van der Waals surface area contributed by atoms with Crippen LogP contribution in [0.2, 0.25) is 0 Å². The molecular weight excluding hydrogens is 314 g/mol. The van der Waals surface area contributed by atoms with E-state index in [1.54, 1.807) is 0 Å². The Hall–Kier alpha value is -2.04. The van der Waals surface area contributed by atoms with E-state index < -0.39 is 0 Å².